The third-order valence-corrected chi connectivity index (χ3v) is 5.62. The maximum atomic E-state index is 12.8. The molecule has 3 N–H and O–H groups in total. The van der Waals surface area contributed by atoms with Gasteiger partial charge in [-0.05, 0) is 31.0 Å². The van der Waals surface area contributed by atoms with Crippen LogP contribution >= 0.6 is 0 Å². The number of nitrogens with zero attached hydrogens (tertiary/aromatic N) is 1. The van der Waals surface area contributed by atoms with Crippen molar-refractivity contribution in [1.82, 2.24) is 15.5 Å². The Balaban J connectivity index is 1.48. The summed E-state index contributed by atoms with van der Waals surface area (Å²) in [5.74, 6) is -1.25. The molecule has 1 saturated carbocycles. The second-order valence-corrected chi connectivity index (χ2v) is 7.75. The Hall–Kier alpha value is -2.13. The van der Waals surface area contributed by atoms with E-state index in [0.717, 1.165) is 31.0 Å². The summed E-state index contributed by atoms with van der Waals surface area (Å²) in [6.45, 7) is 0.688. The molecular formula is C20H26F3N3O3. The zero-order chi connectivity index (χ0) is 21.0. The van der Waals surface area contributed by atoms with Crippen LogP contribution in [0, 0.1) is 0 Å². The Morgan fingerprint density at radius 2 is 1.86 bits per heavy atom. The van der Waals surface area contributed by atoms with E-state index in [-0.39, 0.29) is 12.1 Å². The van der Waals surface area contributed by atoms with Crippen molar-refractivity contribution in [2.75, 3.05) is 19.6 Å². The molecule has 0 radical (unpaired) electrons. The fraction of sp³-hybridized carbons (Fsp3) is 0.600. The van der Waals surface area contributed by atoms with Gasteiger partial charge in [0.05, 0.1) is 24.3 Å². The van der Waals surface area contributed by atoms with Gasteiger partial charge in [0.2, 0.25) is 5.91 Å². The van der Waals surface area contributed by atoms with Crippen molar-refractivity contribution >= 4 is 11.8 Å². The number of nitrogens with one attached hydrogen (secondary N) is 2. The molecule has 1 saturated heterocycles. The van der Waals surface area contributed by atoms with Crippen LogP contribution < -0.4 is 10.6 Å². The number of carbonyl (C=O) groups excluding carboxylic acids is 2. The Bertz CT molecular complexity index is 735. The monoisotopic (exact) mass is 413 g/mol. The summed E-state index contributed by atoms with van der Waals surface area (Å²) >= 11 is 0. The fourth-order valence-electron chi connectivity index (χ4n) is 4.06. The van der Waals surface area contributed by atoms with E-state index < -0.39 is 35.7 Å². The van der Waals surface area contributed by atoms with Gasteiger partial charge in [-0.3, -0.25) is 14.5 Å². The summed E-state index contributed by atoms with van der Waals surface area (Å²) in [7, 11) is 0. The number of β-amino-alcohol motifs (C(OH)–C–C–N with tert-alkyl or cyclic N) is 1. The lowest BCUT2D eigenvalue weighted by Gasteiger charge is -2.30. The van der Waals surface area contributed by atoms with E-state index in [1.165, 1.54) is 25.3 Å². The maximum absolute atomic E-state index is 12.8. The summed E-state index contributed by atoms with van der Waals surface area (Å²) in [5, 5.41) is 15.3. The summed E-state index contributed by atoms with van der Waals surface area (Å²) in [6.07, 6.45) is 0.557. The van der Waals surface area contributed by atoms with E-state index in [2.05, 4.69) is 15.5 Å². The number of alkyl halides is 3. The number of likely N-dealkylation sites (tertiary alicyclic amines) is 1. The molecule has 160 valence electrons. The maximum Gasteiger partial charge on any atom is 0.416 e. The normalized spacial score (nSPS) is 23.7. The number of hydrogen-bond donors (Lipinski definition) is 3. The topological polar surface area (TPSA) is 81.7 Å². The summed E-state index contributed by atoms with van der Waals surface area (Å²) in [5.41, 5.74) is -1.09. The predicted molar refractivity (Wildman–Crippen MR) is 100 cm³/mol. The van der Waals surface area contributed by atoms with Gasteiger partial charge in [-0.25, -0.2) is 0 Å². The van der Waals surface area contributed by atoms with Crippen LogP contribution in [-0.4, -0.2) is 59.6 Å². The Kier molecular flexibility index (Phi) is 6.79. The van der Waals surface area contributed by atoms with E-state index in [1.54, 1.807) is 0 Å². The molecule has 1 aliphatic heterocycles. The van der Waals surface area contributed by atoms with Gasteiger partial charge >= 0.3 is 6.18 Å². The minimum absolute atomic E-state index is 0.169. The van der Waals surface area contributed by atoms with Crippen molar-refractivity contribution in [2.45, 2.75) is 56.5 Å². The standard InChI is InChI=1S/C20H26F3N3O3/c21-20(22,23)14-6-4-5-13(9-14)19(29)24-10-18(28)25-16-11-26(12-17(16)27)15-7-2-1-3-8-15/h4-6,9,15-17,27H,1-3,7-8,10-12H2,(H,24,29)(H,25,28)/t16-,17-/m0/s1. The van der Waals surface area contributed by atoms with Crippen LogP contribution in [0.2, 0.25) is 0 Å². The average molecular weight is 413 g/mol. The summed E-state index contributed by atoms with van der Waals surface area (Å²) < 4.78 is 38.3. The quantitative estimate of drug-likeness (QED) is 0.689. The number of amides is 2. The minimum Gasteiger partial charge on any atom is -0.390 e. The lowest BCUT2D eigenvalue weighted by molar-refractivity contribution is -0.137. The third-order valence-electron chi connectivity index (χ3n) is 5.62. The molecule has 2 fully saturated rings. The van der Waals surface area contributed by atoms with E-state index in [4.69, 9.17) is 0 Å². The van der Waals surface area contributed by atoms with E-state index >= 15 is 0 Å². The van der Waals surface area contributed by atoms with E-state index in [0.29, 0.717) is 19.1 Å². The van der Waals surface area contributed by atoms with Gasteiger partial charge in [-0.1, -0.05) is 25.3 Å². The van der Waals surface area contributed by atoms with Crippen LogP contribution in [0.1, 0.15) is 48.0 Å². The molecule has 29 heavy (non-hydrogen) atoms. The molecule has 2 atom stereocenters. The molecule has 0 bridgehead atoms. The molecule has 2 aliphatic rings. The van der Waals surface area contributed by atoms with Crippen molar-refractivity contribution in [3.05, 3.63) is 35.4 Å². The molecule has 2 amide bonds. The predicted octanol–water partition coefficient (Wildman–Crippen LogP) is 1.93. The lowest BCUT2D eigenvalue weighted by atomic mass is 9.94. The highest BCUT2D eigenvalue weighted by Gasteiger charge is 2.36. The first-order valence-electron chi connectivity index (χ1n) is 9.91. The SMILES string of the molecule is O=C(CNC(=O)c1cccc(C(F)(F)F)c1)N[C@H]1CN(C2CCCCC2)C[C@@H]1O. The Labute approximate surface area is 167 Å². The molecule has 6 nitrogen and oxygen atoms in total. The van der Waals surface area contributed by atoms with Crippen molar-refractivity contribution in [1.29, 1.82) is 0 Å². The number of benzene rings is 1. The van der Waals surface area contributed by atoms with Gasteiger partial charge in [0.15, 0.2) is 0 Å². The van der Waals surface area contributed by atoms with Gasteiger partial charge in [-0.15, -0.1) is 0 Å². The minimum atomic E-state index is -4.55. The third kappa shape index (κ3) is 5.70. The molecule has 9 heteroatoms. The second-order valence-electron chi connectivity index (χ2n) is 7.75. The van der Waals surface area contributed by atoms with Gasteiger partial charge in [0, 0.05) is 24.7 Å². The highest BCUT2D eigenvalue weighted by molar-refractivity contribution is 5.96. The molecule has 3 rings (SSSR count). The number of rotatable bonds is 5. The molecule has 1 heterocycles. The largest absolute Gasteiger partial charge is 0.416 e. The number of halogens is 3. The van der Waals surface area contributed by atoms with Gasteiger partial charge < -0.3 is 15.7 Å². The smallest absolute Gasteiger partial charge is 0.390 e. The average Bonchev–Trinajstić information content (AvgIpc) is 3.06. The molecule has 0 unspecified atom stereocenters. The van der Waals surface area contributed by atoms with Gasteiger partial charge in [-0.2, -0.15) is 13.2 Å². The number of hydrogen-bond acceptors (Lipinski definition) is 4. The number of aliphatic hydroxyl groups excluding tert-OH is 1. The van der Waals surface area contributed by atoms with Crippen molar-refractivity contribution in [2.24, 2.45) is 0 Å². The fourth-order valence-corrected chi connectivity index (χ4v) is 4.06. The molecule has 1 aliphatic carbocycles. The first-order chi connectivity index (χ1) is 13.7. The first-order valence-corrected chi connectivity index (χ1v) is 9.91. The lowest BCUT2D eigenvalue weighted by Crippen LogP contribution is -2.47. The van der Waals surface area contributed by atoms with Gasteiger partial charge in [0.1, 0.15) is 0 Å². The molecule has 1 aromatic carbocycles. The highest BCUT2D eigenvalue weighted by Crippen LogP contribution is 2.29. The van der Waals surface area contributed by atoms with E-state index in [1.807, 2.05) is 0 Å². The van der Waals surface area contributed by atoms with Crippen LogP contribution in [0.25, 0.3) is 0 Å². The van der Waals surface area contributed by atoms with Gasteiger partial charge in [0.25, 0.3) is 5.91 Å². The zero-order valence-electron chi connectivity index (χ0n) is 16.0. The first kappa shape index (κ1) is 21.6. The molecule has 0 aromatic heterocycles. The number of carbonyl (C=O) groups is 2. The Morgan fingerprint density at radius 1 is 1.14 bits per heavy atom. The molecule has 1 aromatic rings. The van der Waals surface area contributed by atoms with Crippen LogP contribution in [-0.2, 0) is 11.0 Å². The van der Waals surface area contributed by atoms with Crippen LogP contribution in [0.3, 0.4) is 0 Å². The number of aliphatic hydroxyl groups is 1. The summed E-state index contributed by atoms with van der Waals surface area (Å²) in [4.78, 5) is 26.4. The zero-order valence-corrected chi connectivity index (χ0v) is 16.0. The molecule has 0 spiro atoms. The highest BCUT2D eigenvalue weighted by atomic mass is 19.4. The van der Waals surface area contributed by atoms with Crippen LogP contribution in [0.15, 0.2) is 24.3 Å². The van der Waals surface area contributed by atoms with Crippen LogP contribution in [0.5, 0.6) is 0 Å². The van der Waals surface area contributed by atoms with Crippen LogP contribution in [0.4, 0.5) is 13.2 Å². The molecular weight excluding hydrogens is 387 g/mol. The van der Waals surface area contributed by atoms with Crippen molar-refractivity contribution in [3.63, 3.8) is 0 Å². The summed E-state index contributed by atoms with van der Waals surface area (Å²) in [6, 6.07) is 4.03. The van der Waals surface area contributed by atoms with Crippen molar-refractivity contribution in [3.8, 4) is 0 Å². The van der Waals surface area contributed by atoms with Crippen molar-refractivity contribution < 1.29 is 27.9 Å². The second kappa shape index (κ2) is 9.13. The Morgan fingerprint density at radius 3 is 2.55 bits per heavy atom. The van der Waals surface area contributed by atoms with E-state index in [9.17, 15) is 27.9 Å².